The van der Waals surface area contributed by atoms with Crippen molar-refractivity contribution in [3.05, 3.63) is 58.1 Å². The van der Waals surface area contributed by atoms with Crippen molar-refractivity contribution in [2.24, 2.45) is 0 Å². The average molecular weight is 697 g/mol. The summed E-state index contributed by atoms with van der Waals surface area (Å²) in [6, 6.07) is 13.9. The number of carbonyl (C=O) groups is 3. The van der Waals surface area contributed by atoms with Crippen molar-refractivity contribution in [2.45, 2.75) is 56.7 Å². The highest BCUT2D eigenvalue weighted by molar-refractivity contribution is 9.10. The van der Waals surface area contributed by atoms with E-state index >= 15 is 0 Å². The van der Waals surface area contributed by atoms with E-state index in [9.17, 15) is 14.4 Å². The molecule has 0 aliphatic carbocycles. The molecule has 4 amide bonds. The molecule has 6 rings (SSSR count). The molecule has 0 spiro atoms. The maximum Gasteiger partial charge on any atom is 0.410 e. The molecule has 4 aliphatic rings. The van der Waals surface area contributed by atoms with Crippen LogP contribution in [-0.2, 0) is 22.4 Å². The number of likely N-dealkylation sites (N-methyl/N-ethyl adjacent to an activating group) is 1. The number of carbonyl (C=O) groups excluding carboxylic acids is 3. The zero-order chi connectivity index (χ0) is 32.2. The average Bonchev–Trinajstić information content (AvgIpc) is 3.24. The Labute approximate surface area is 280 Å². The number of piperazine rings is 1. The quantitative estimate of drug-likeness (QED) is 0.441. The Bertz CT molecular complexity index is 1400. The molecular formula is C34H46BrN7O4. The first-order valence-electron chi connectivity index (χ1n) is 16.6. The van der Waals surface area contributed by atoms with Crippen molar-refractivity contribution in [3.8, 4) is 0 Å². The first-order chi connectivity index (χ1) is 22.2. The van der Waals surface area contributed by atoms with E-state index < -0.39 is 12.2 Å². The minimum atomic E-state index is -0.934. The summed E-state index contributed by atoms with van der Waals surface area (Å²) in [5.74, 6) is -0.145. The van der Waals surface area contributed by atoms with Gasteiger partial charge in [-0.1, -0.05) is 24.3 Å². The smallest absolute Gasteiger partial charge is 0.410 e. The third-order valence-electron chi connectivity index (χ3n) is 10.1. The highest BCUT2D eigenvalue weighted by Gasteiger charge is 2.36. The lowest BCUT2D eigenvalue weighted by Crippen LogP contribution is -2.54. The molecule has 4 heterocycles. The molecule has 3 fully saturated rings. The summed E-state index contributed by atoms with van der Waals surface area (Å²) >= 11 is 3.49. The Morgan fingerprint density at radius 3 is 2.30 bits per heavy atom. The monoisotopic (exact) mass is 695 g/mol. The van der Waals surface area contributed by atoms with Crippen molar-refractivity contribution >= 4 is 45.3 Å². The van der Waals surface area contributed by atoms with Gasteiger partial charge in [0, 0.05) is 93.3 Å². The van der Waals surface area contributed by atoms with E-state index in [2.05, 4.69) is 38.1 Å². The number of nitrogen functional groups attached to an aromatic ring is 1. The number of amides is 4. The molecule has 2 aromatic carbocycles. The van der Waals surface area contributed by atoms with Crippen molar-refractivity contribution in [2.75, 3.05) is 77.0 Å². The summed E-state index contributed by atoms with van der Waals surface area (Å²) in [5.41, 5.74) is 9.49. The fourth-order valence-electron chi connectivity index (χ4n) is 7.23. The number of anilines is 2. The summed E-state index contributed by atoms with van der Waals surface area (Å²) in [5, 5.41) is 3.05. The second-order valence-corrected chi connectivity index (χ2v) is 13.9. The molecule has 1 atom stereocenters. The molecule has 0 saturated carbocycles. The van der Waals surface area contributed by atoms with Gasteiger partial charge < -0.3 is 35.4 Å². The van der Waals surface area contributed by atoms with Gasteiger partial charge in [0.15, 0.2) is 6.10 Å². The number of ether oxygens (including phenoxy) is 1. The van der Waals surface area contributed by atoms with E-state index in [1.54, 1.807) is 11.0 Å². The summed E-state index contributed by atoms with van der Waals surface area (Å²) in [6.45, 7) is 7.15. The molecule has 3 saturated heterocycles. The van der Waals surface area contributed by atoms with Gasteiger partial charge in [-0.3, -0.25) is 9.69 Å². The maximum atomic E-state index is 13.9. The lowest BCUT2D eigenvalue weighted by Gasteiger charge is -2.42. The van der Waals surface area contributed by atoms with Crippen LogP contribution >= 0.6 is 15.9 Å². The van der Waals surface area contributed by atoms with Gasteiger partial charge in [0.25, 0.3) is 5.91 Å². The number of benzene rings is 2. The normalized spacial score (nSPS) is 21.3. The van der Waals surface area contributed by atoms with E-state index in [0.29, 0.717) is 57.3 Å². The molecule has 248 valence electrons. The van der Waals surface area contributed by atoms with Crippen LogP contribution in [0.5, 0.6) is 0 Å². The fraction of sp³-hybridized carbons (Fsp3) is 0.559. The van der Waals surface area contributed by atoms with Crippen LogP contribution in [0.3, 0.4) is 0 Å². The SMILES string of the molecule is CN1CCN(C2CCN(C(=O)C(Cc3ccc(N)c(Br)c3)OC(=O)N3CCC(N4CCc5ccccc5NC4=O)CC3)CC2)CC1. The lowest BCUT2D eigenvalue weighted by molar-refractivity contribution is -0.142. The Kier molecular flexibility index (Phi) is 10.3. The number of hydrogen-bond acceptors (Lipinski definition) is 7. The van der Waals surface area contributed by atoms with Gasteiger partial charge in [-0.2, -0.15) is 0 Å². The third-order valence-corrected chi connectivity index (χ3v) is 10.8. The predicted molar refractivity (Wildman–Crippen MR) is 182 cm³/mol. The van der Waals surface area contributed by atoms with Crippen LogP contribution in [0, 0.1) is 0 Å². The summed E-state index contributed by atoms with van der Waals surface area (Å²) < 4.78 is 6.79. The Balaban J connectivity index is 1.07. The number of halogens is 1. The number of likely N-dealkylation sites (tertiary alicyclic amines) is 2. The Hall–Kier alpha value is -3.35. The molecule has 4 aliphatic heterocycles. The van der Waals surface area contributed by atoms with Gasteiger partial charge in [0.1, 0.15) is 0 Å². The van der Waals surface area contributed by atoms with Crippen molar-refractivity contribution in [1.82, 2.24) is 24.5 Å². The number of para-hydroxylation sites is 1. The molecule has 3 N–H and O–H groups in total. The molecule has 11 nitrogen and oxygen atoms in total. The third kappa shape index (κ3) is 7.61. The van der Waals surface area contributed by atoms with Crippen LogP contribution in [0.4, 0.5) is 21.0 Å². The van der Waals surface area contributed by atoms with Crippen molar-refractivity contribution in [1.29, 1.82) is 0 Å². The summed E-state index contributed by atoms with van der Waals surface area (Å²) in [6.07, 6.45) is 2.80. The minimum Gasteiger partial charge on any atom is -0.436 e. The second kappa shape index (κ2) is 14.6. The molecule has 12 heteroatoms. The molecule has 0 aromatic heterocycles. The van der Waals surface area contributed by atoms with Crippen LogP contribution in [0.2, 0.25) is 0 Å². The van der Waals surface area contributed by atoms with E-state index in [1.165, 1.54) is 0 Å². The summed E-state index contributed by atoms with van der Waals surface area (Å²) in [7, 11) is 2.16. The van der Waals surface area contributed by atoms with Gasteiger partial charge in [0.05, 0.1) is 0 Å². The van der Waals surface area contributed by atoms with Gasteiger partial charge in [0.2, 0.25) is 0 Å². The number of urea groups is 1. The molecule has 2 aromatic rings. The van der Waals surface area contributed by atoms with Crippen LogP contribution in [0.25, 0.3) is 0 Å². The zero-order valence-electron chi connectivity index (χ0n) is 26.7. The number of nitrogens with zero attached hydrogens (tertiary/aromatic N) is 5. The molecule has 46 heavy (non-hydrogen) atoms. The lowest BCUT2D eigenvalue weighted by atomic mass is 10.0. The standard InChI is InChI=1S/C34H46BrN7O4/c1-38-18-20-39(21-19-38)26-9-13-40(14-10-26)32(43)31(23-24-6-7-29(36)28(35)22-24)46-34(45)41-15-11-27(12-16-41)42-17-8-25-4-2-3-5-30(25)37-33(42)44/h2-7,22,26-27,31H,8-21,23,36H2,1H3,(H,37,44). The minimum absolute atomic E-state index is 0.0320. The number of nitrogens with two attached hydrogens (primary N) is 1. The number of piperidine rings is 2. The van der Waals surface area contributed by atoms with Crippen LogP contribution < -0.4 is 11.1 Å². The van der Waals surface area contributed by atoms with Gasteiger partial charge in [-0.25, -0.2) is 9.59 Å². The molecule has 0 radical (unpaired) electrons. The van der Waals surface area contributed by atoms with Crippen molar-refractivity contribution in [3.63, 3.8) is 0 Å². The highest BCUT2D eigenvalue weighted by atomic mass is 79.9. The van der Waals surface area contributed by atoms with Crippen molar-refractivity contribution < 1.29 is 19.1 Å². The maximum absolute atomic E-state index is 13.9. The first-order valence-corrected chi connectivity index (χ1v) is 17.4. The van der Waals surface area contributed by atoms with E-state index in [-0.39, 0.29) is 24.4 Å². The zero-order valence-corrected chi connectivity index (χ0v) is 28.3. The predicted octanol–water partition coefficient (Wildman–Crippen LogP) is 3.87. The fourth-order valence-corrected chi connectivity index (χ4v) is 7.65. The number of nitrogens with one attached hydrogen (secondary N) is 1. The first kappa shape index (κ1) is 32.6. The van der Waals surface area contributed by atoms with Gasteiger partial charge in [-0.05, 0) is 84.4 Å². The van der Waals surface area contributed by atoms with Crippen LogP contribution in [0.15, 0.2) is 46.9 Å². The van der Waals surface area contributed by atoms with E-state index in [1.807, 2.05) is 46.2 Å². The molecule has 0 bridgehead atoms. The molecule has 1 unspecified atom stereocenters. The largest absolute Gasteiger partial charge is 0.436 e. The number of fused-ring (bicyclic) bond motifs is 1. The summed E-state index contributed by atoms with van der Waals surface area (Å²) in [4.78, 5) is 50.9. The van der Waals surface area contributed by atoms with E-state index in [4.69, 9.17) is 10.5 Å². The Morgan fingerprint density at radius 1 is 0.913 bits per heavy atom. The number of hydrogen-bond donors (Lipinski definition) is 2. The van der Waals surface area contributed by atoms with Gasteiger partial charge >= 0.3 is 12.1 Å². The second-order valence-electron chi connectivity index (χ2n) is 13.1. The van der Waals surface area contributed by atoms with Crippen LogP contribution in [0.1, 0.15) is 36.8 Å². The van der Waals surface area contributed by atoms with Crippen LogP contribution in [-0.4, -0.2) is 127 Å². The van der Waals surface area contributed by atoms with E-state index in [0.717, 1.165) is 66.7 Å². The highest BCUT2D eigenvalue weighted by Crippen LogP contribution is 2.27. The Morgan fingerprint density at radius 2 is 1.59 bits per heavy atom. The topological polar surface area (TPSA) is 115 Å². The molecular weight excluding hydrogens is 650 g/mol. The number of rotatable bonds is 6. The van der Waals surface area contributed by atoms with Gasteiger partial charge in [-0.15, -0.1) is 0 Å².